The standard InChI is InChI=1S/C19H14Cl3F4NO3/c1-3-10(7-11(8(2)20)17(29)30)27-16(28)15-14(18(15,21)22)9-4-5-13(23)12(6-9)19(24,25)26/h3-7,14-15H,2H2,1H3,(H,27,28)(H,29,30)/b10-3+,11-7+/t14-,15+/m0/s1. The lowest BCUT2D eigenvalue weighted by Gasteiger charge is -2.10. The minimum atomic E-state index is -4.94. The van der Waals surface area contributed by atoms with Gasteiger partial charge in [0.2, 0.25) is 5.91 Å². The van der Waals surface area contributed by atoms with Gasteiger partial charge in [-0.25, -0.2) is 9.18 Å². The summed E-state index contributed by atoms with van der Waals surface area (Å²) in [6, 6.07) is 2.25. The molecule has 0 saturated heterocycles. The Kier molecular flexibility index (Phi) is 6.96. The molecule has 2 rings (SSSR count). The van der Waals surface area contributed by atoms with Crippen LogP contribution in [0.4, 0.5) is 17.6 Å². The maximum Gasteiger partial charge on any atom is 0.419 e. The highest BCUT2D eigenvalue weighted by molar-refractivity contribution is 6.53. The predicted octanol–water partition coefficient (Wildman–Crippen LogP) is 5.52. The molecule has 1 aliphatic carbocycles. The Morgan fingerprint density at radius 3 is 2.37 bits per heavy atom. The molecule has 0 bridgehead atoms. The number of hydrogen-bond donors (Lipinski definition) is 2. The van der Waals surface area contributed by atoms with E-state index in [4.69, 9.17) is 39.9 Å². The zero-order valence-corrected chi connectivity index (χ0v) is 17.4. The smallest absolute Gasteiger partial charge is 0.419 e. The van der Waals surface area contributed by atoms with Gasteiger partial charge in [-0.15, -0.1) is 23.2 Å². The van der Waals surface area contributed by atoms with Crippen LogP contribution in [-0.2, 0) is 15.8 Å². The third kappa shape index (κ3) is 4.99. The molecule has 11 heteroatoms. The van der Waals surface area contributed by atoms with Crippen LogP contribution in [0.15, 0.2) is 53.2 Å². The number of allylic oxidation sites excluding steroid dienone is 2. The summed E-state index contributed by atoms with van der Waals surface area (Å²) in [6.07, 6.45) is -2.52. The van der Waals surface area contributed by atoms with Crippen molar-refractivity contribution >= 4 is 46.7 Å². The topological polar surface area (TPSA) is 66.4 Å². The van der Waals surface area contributed by atoms with Crippen LogP contribution in [0.5, 0.6) is 0 Å². The quantitative estimate of drug-likeness (QED) is 0.241. The number of benzene rings is 1. The average Bonchev–Trinajstić information content (AvgIpc) is 3.19. The molecule has 0 unspecified atom stereocenters. The van der Waals surface area contributed by atoms with E-state index >= 15 is 0 Å². The van der Waals surface area contributed by atoms with Crippen LogP contribution in [0.3, 0.4) is 0 Å². The third-order valence-electron chi connectivity index (χ3n) is 4.39. The number of carbonyl (C=O) groups excluding carboxylic acids is 1. The third-order valence-corrected chi connectivity index (χ3v) is 5.54. The molecule has 4 nitrogen and oxygen atoms in total. The van der Waals surface area contributed by atoms with E-state index in [1.807, 2.05) is 0 Å². The number of halogens is 7. The van der Waals surface area contributed by atoms with Gasteiger partial charge in [-0.2, -0.15) is 13.2 Å². The van der Waals surface area contributed by atoms with Crippen molar-refractivity contribution in [2.45, 2.75) is 23.4 Å². The molecule has 0 radical (unpaired) electrons. The molecule has 30 heavy (non-hydrogen) atoms. The molecule has 2 atom stereocenters. The first-order chi connectivity index (χ1) is 13.7. The second-order valence-electron chi connectivity index (χ2n) is 6.37. The highest BCUT2D eigenvalue weighted by atomic mass is 35.5. The van der Waals surface area contributed by atoms with E-state index in [0.29, 0.717) is 12.1 Å². The lowest BCUT2D eigenvalue weighted by Crippen LogP contribution is -2.26. The van der Waals surface area contributed by atoms with Gasteiger partial charge in [0.1, 0.15) is 10.2 Å². The van der Waals surface area contributed by atoms with Crippen LogP contribution in [0.1, 0.15) is 24.0 Å². The molecule has 1 amide bonds. The summed E-state index contributed by atoms with van der Waals surface area (Å²) in [4.78, 5) is 23.8. The highest BCUT2D eigenvalue weighted by Crippen LogP contribution is 2.65. The first-order valence-corrected chi connectivity index (χ1v) is 9.36. The maximum absolute atomic E-state index is 13.5. The number of alkyl halides is 5. The Bertz CT molecular complexity index is 954. The van der Waals surface area contributed by atoms with Crippen LogP contribution in [0.2, 0.25) is 0 Å². The van der Waals surface area contributed by atoms with Crippen LogP contribution >= 0.6 is 34.8 Å². The molecule has 1 aromatic carbocycles. The van der Waals surface area contributed by atoms with Crippen LogP contribution < -0.4 is 5.32 Å². The van der Waals surface area contributed by atoms with Crippen LogP contribution in [0, 0.1) is 11.7 Å². The SMILES string of the molecule is C=C(Cl)/C(=C\C(=C/C)NC(=O)[C@H]1[C@H](c2ccc(F)c(C(F)(F)F)c2)C1(Cl)Cl)C(=O)O. The Morgan fingerprint density at radius 2 is 1.90 bits per heavy atom. The molecule has 1 aliphatic rings. The fourth-order valence-electron chi connectivity index (χ4n) is 2.84. The fraction of sp³-hybridized carbons (Fsp3) is 0.263. The van der Waals surface area contributed by atoms with Crippen molar-refractivity contribution in [3.8, 4) is 0 Å². The Morgan fingerprint density at radius 1 is 1.30 bits per heavy atom. The number of carbonyl (C=O) groups is 2. The van der Waals surface area contributed by atoms with Crippen molar-refractivity contribution in [2.75, 3.05) is 0 Å². The zero-order chi connectivity index (χ0) is 23.0. The average molecular weight is 487 g/mol. The summed E-state index contributed by atoms with van der Waals surface area (Å²) in [7, 11) is 0. The van der Waals surface area contributed by atoms with Crippen molar-refractivity contribution < 1.29 is 32.3 Å². The Hall–Kier alpha value is -2.03. The monoisotopic (exact) mass is 485 g/mol. The molecule has 2 N–H and O–H groups in total. The first-order valence-electron chi connectivity index (χ1n) is 8.23. The van der Waals surface area contributed by atoms with Gasteiger partial charge in [0.15, 0.2) is 0 Å². The predicted molar refractivity (Wildman–Crippen MR) is 105 cm³/mol. The summed E-state index contributed by atoms with van der Waals surface area (Å²) >= 11 is 17.8. The van der Waals surface area contributed by atoms with E-state index in [1.165, 1.54) is 13.0 Å². The van der Waals surface area contributed by atoms with E-state index in [-0.39, 0.29) is 21.9 Å². The molecule has 0 aliphatic heterocycles. The van der Waals surface area contributed by atoms with Crippen molar-refractivity contribution in [3.63, 3.8) is 0 Å². The minimum Gasteiger partial charge on any atom is -0.478 e. The lowest BCUT2D eigenvalue weighted by molar-refractivity contribution is -0.140. The van der Waals surface area contributed by atoms with Gasteiger partial charge in [-0.3, -0.25) is 4.79 Å². The summed E-state index contributed by atoms with van der Waals surface area (Å²) in [5, 5.41) is 11.2. The lowest BCUT2D eigenvalue weighted by atomic mass is 10.0. The van der Waals surface area contributed by atoms with Gasteiger partial charge in [0, 0.05) is 16.6 Å². The number of carboxylic acid groups (broad SMARTS) is 1. The van der Waals surface area contributed by atoms with Gasteiger partial charge in [0.05, 0.1) is 17.1 Å². The molecular weight excluding hydrogens is 473 g/mol. The van der Waals surface area contributed by atoms with Crippen molar-refractivity contribution in [1.29, 1.82) is 0 Å². The normalized spacial score (nSPS) is 21.2. The largest absolute Gasteiger partial charge is 0.478 e. The highest BCUT2D eigenvalue weighted by Gasteiger charge is 2.67. The van der Waals surface area contributed by atoms with Crippen LogP contribution in [-0.4, -0.2) is 21.3 Å². The molecular formula is C19H14Cl3F4NO3. The molecule has 0 heterocycles. The second kappa shape index (κ2) is 8.61. The number of rotatable bonds is 6. The van der Waals surface area contributed by atoms with Gasteiger partial charge in [-0.1, -0.05) is 30.3 Å². The number of aliphatic carboxylic acids is 1. The van der Waals surface area contributed by atoms with Crippen molar-refractivity contribution in [3.05, 3.63) is 70.2 Å². The summed E-state index contributed by atoms with van der Waals surface area (Å²) < 4.78 is 50.7. The number of nitrogens with one attached hydrogen (secondary N) is 1. The molecule has 162 valence electrons. The van der Waals surface area contributed by atoms with E-state index in [0.717, 1.165) is 12.1 Å². The van der Waals surface area contributed by atoms with Crippen LogP contribution in [0.25, 0.3) is 0 Å². The molecule has 0 spiro atoms. The number of carboxylic acids is 1. The maximum atomic E-state index is 13.5. The van der Waals surface area contributed by atoms with E-state index in [2.05, 4.69) is 11.9 Å². The van der Waals surface area contributed by atoms with Gasteiger partial charge in [0.25, 0.3) is 0 Å². The first kappa shape index (κ1) is 24.2. The van der Waals surface area contributed by atoms with E-state index < -0.39 is 45.6 Å². The fourth-order valence-corrected chi connectivity index (χ4v) is 3.81. The summed E-state index contributed by atoms with van der Waals surface area (Å²) in [5.41, 5.74) is -1.91. The molecule has 1 fully saturated rings. The molecule has 0 aromatic heterocycles. The van der Waals surface area contributed by atoms with Crippen molar-refractivity contribution in [1.82, 2.24) is 5.32 Å². The molecule has 1 saturated carbocycles. The van der Waals surface area contributed by atoms with Gasteiger partial charge >= 0.3 is 12.1 Å². The zero-order valence-electron chi connectivity index (χ0n) is 15.2. The Labute approximate surface area is 183 Å². The van der Waals surface area contributed by atoms with E-state index in [9.17, 15) is 27.2 Å². The van der Waals surface area contributed by atoms with Gasteiger partial charge < -0.3 is 10.4 Å². The van der Waals surface area contributed by atoms with E-state index in [1.54, 1.807) is 0 Å². The molecule has 1 aromatic rings. The minimum absolute atomic E-state index is 0.0315. The number of amides is 1. The van der Waals surface area contributed by atoms with Crippen molar-refractivity contribution in [2.24, 2.45) is 5.92 Å². The number of hydrogen-bond acceptors (Lipinski definition) is 2. The summed E-state index contributed by atoms with van der Waals surface area (Å²) in [5.74, 6) is -5.82. The van der Waals surface area contributed by atoms with Gasteiger partial charge in [-0.05, 0) is 30.7 Å². The summed E-state index contributed by atoms with van der Waals surface area (Å²) in [6.45, 7) is 4.81. The second-order valence-corrected chi connectivity index (χ2v) is 8.27. The Balaban J connectivity index is 2.29.